The van der Waals surface area contributed by atoms with Crippen LogP contribution in [0, 0.1) is 0 Å². The average Bonchev–Trinajstić information content (AvgIpc) is 2.61. The van der Waals surface area contributed by atoms with Crippen molar-refractivity contribution in [1.29, 1.82) is 0 Å². The van der Waals surface area contributed by atoms with Gasteiger partial charge in [0.2, 0.25) is 5.91 Å². The minimum atomic E-state index is -0.658. The Kier molecular flexibility index (Phi) is 4.97. The molecule has 1 rings (SSSR count). The normalized spacial score (nSPS) is 10.6. The highest BCUT2D eigenvalue weighted by molar-refractivity contribution is 7.17. The van der Waals surface area contributed by atoms with Gasteiger partial charge in [-0.05, 0) is 18.2 Å². The van der Waals surface area contributed by atoms with Crippen molar-refractivity contribution < 1.29 is 14.4 Å². The van der Waals surface area contributed by atoms with E-state index in [4.69, 9.17) is 17.3 Å². The molecule has 0 saturated carbocycles. The van der Waals surface area contributed by atoms with E-state index in [-0.39, 0.29) is 6.61 Å². The number of nitrogens with one attached hydrogen (secondary N) is 1. The number of hydrogen-bond acceptors (Lipinski definition) is 4. The molecule has 0 aromatic carbocycles. The summed E-state index contributed by atoms with van der Waals surface area (Å²) >= 11 is 7.04. The molecule has 2 amide bonds. The van der Waals surface area contributed by atoms with Crippen LogP contribution in [0.2, 0.25) is 4.34 Å². The van der Waals surface area contributed by atoms with E-state index in [1.807, 2.05) is 5.48 Å². The number of hydrogen-bond donors (Lipinski definition) is 2. The van der Waals surface area contributed by atoms with Crippen molar-refractivity contribution in [2.75, 3.05) is 6.61 Å². The molecule has 0 radical (unpaired) electrons. The summed E-state index contributed by atoms with van der Waals surface area (Å²) in [5, 5.41) is 0. The third-order valence-corrected chi connectivity index (χ3v) is 2.58. The maximum absolute atomic E-state index is 11.1. The van der Waals surface area contributed by atoms with Crippen molar-refractivity contribution in [2.45, 2.75) is 0 Å². The van der Waals surface area contributed by atoms with E-state index in [0.29, 0.717) is 4.34 Å². The van der Waals surface area contributed by atoms with E-state index in [1.54, 1.807) is 18.2 Å². The molecule has 0 saturated heterocycles. The second kappa shape index (κ2) is 6.26. The first-order valence-electron chi connectivity index (χ1n) is 4.21. The quantitative estimate of drug-likeness (QED) is 0.611. The minimum absolute atomic E-state index is 0.357. The van der Waals surface area contributed by atoms with Crippen LogP contribution in [0.4, 0.5) is 0 Å². The lowest BCUT2D eigenvalue weighted by Gasteiger charge is -1.99. The van der Waals surface area contributed by atoms with Crippen LogP contribution in [0.5, 0.6) is 0 Å². The molecule has 0 unspecified atom stereocenters. The van der Waals surface area contributed by atoms with Crippen molar-refractivity contribution in [1.82, 2.24) is 5.48 Å². The molecule has 0 spiro atoms. The van der Waals surface area contributed by atoms with Crippen LogP contribution in [-0.2, 0) is 14.4 Å². The Morgan fingerprint density at radius 3 is 2.88 bits per heavy atom. The standard InChI is InChI=1S/C9H9ClN2O3S/c10-7-3-1-6(16-7)2-4-9(14)12-15-5-8(11)13/h1-4H,5H2,(H2,11,13)(H,12,14)/b4-2+. The Morgan fingerprint density at radius 2 is 2.31 bits per heavy atom. The summed E-state index contributed by atoms with van der Waals surface area (Å²) < 4.78 is 0.644. The predicted octanol–water partition coefficient (Wildman–Crippen LogP) is 0.948. The maximum Gasteiger partial charge on any atom is 0.267 e. The lowest BCUT2D eigenvalue weighted by atomic mass is 10.4. The van der Waals surface area contributed by atoms with E-state index in [0.717, 1.165) is 4.88 Å². The van der Waals surface area contributed by atoms with Crippen molar-refractivity contribution in [3.8, 4) is 0 Å². The van der Waals surface area contributed by atoms with Gasteiger partial charge in [-0.15, -0.1) is 11.3 Å². The molecule has 1 heterocycles. The van der Waals surface area contributed by atoms with Crippen LogP contribution < -0.4 is 11.2 Å². The number of carbonyl (C=O) groups is 2. The second-order valence-corrected chi connectivity index (χ2v) is 4.44. The van der Waals surface area contributed by atoms with E-state index in [9.17, 15) is 9.59 Å². The van der Waals surface area contributed by atoms with Gasteiger partial charge in [-0.3, -0.25) is 14.4 Å². The summed E-state index contributed by atoms with van der Waals surface area (Å²) in [5.41, 5.74) is 6.84. The van der Waals surface area contributed by atoms with E-state index < -0.39 is 11.8 Å². The van der Waals surface area contributed by atoms with Gasteiger partial charge in [-0.25, -0.2) is 5.48 Å². The van der Waals surface area contributed by atoms with Gasteiger partial charge in [0.05, 0.1) is 4.34 Å². The summed E-state index contributed by atoms with van der Waals surface area (Å²) in [5.74, 6) is -1.14. The summed E-state index contributed by atoms with van der Waals surface area (Å²) in [6.45, 7) is -0.357. The summed E-state index contributed by atoms with van der Waals surface area (Å²) in [6, 6.07) is 3.51. The number of thiophene rings is 1. The van der Waals surface area contributed by atoms with Crippen LogP contribution in [-0.4, -0.2) is 18.4 Å². The van der Waals surface area contributed by atoms with Crippen LogP contribution in [0.1, 0.15) is 4.88 Å². The van der Waals surface area contributed by atoms with Gasteiger partial charge in [0.25, 0.3) is 5.91 Å². The highest BCUT2D eigenvalue weighted by Crippen LogP contribution is 2.22. The molecule has 1 aromatic heterocycles. The zero-order chi connectivity index (χ0) is 12.0. The maximum atomic E-state index is 11.1. The topological polar surface area (TPSA) is 81.4 Å². The number of carbonyl (C=O) groups excluding carboxylic acids is 2. The molecule has 0 aliphatic carbocycles. The molecule has 5 nitrogen and oxygen atoms in total. The molecule has 0 fully saturated rings. The van der Waals surface area contributed by atoms with E-state index >= 15 is 0 Å². The third-order valence-electron chi connectivity index (χ3n) is 1.38. The van der Waals surface area contributed by atoms with Crippen molar-refractivity contribution in [3.05, 3.63) is 27.4 Å². The van der Waals surface area contributed by atoms with Gasteiger partial charge in [0, 0.05) is 11.0 Å². The summed E-state index contributed by atoms with van der Waals surface area (Å²) in [6.07, 6.45) is 2.85. The van der Waals surface area contributed by atoms with Gasteiger partial charge in [0.1, 0.15) is 0 Å². The molecule has 3 N–H and O–H groups in total. The first-order chi connectivity index (χ1) is 7.58. The zero-order valence-corrected chi connectivity index (χ0v) is 9.68. The van der Waals surface area contributed by atoms with Crippen LogP contribution in [0.3, 0.4) is 0 Å². The second-order valence-electron chi connectivity index (χ2n) is 2.70. The molecule has 0 aliphatic rings. The number of nitrogens with two attached hydrogens (primary N) is 1. The zero-order valence-electron chi connectivity index (χ0n) is 8.10. The molecule has 0 bridgehead atoms. The van der Waals surface area contributed by atoms with Crippen molar-refractivity contribution in [2.24, 2.45) is 5.73 Å². The van der Waals surface area contributed by atoms with Gasteiger partial charge in [0.15, 0.2) is 6.61 Å². The number of primary amides is 1. The highest BCUT2D eigenvalue weighted by Gasteiger charge is 1.98. The smallest absolute Gasteiger partial charge is 0.267 e. The Morgan fingerprint density at radius 1 is 1.56 bits per heavy atom. The Balaban J connectivity index is 2.34. The monoisotopic (exact) mass is 260 g/mol. The average molecular weight is 261 g/mol. The van der Waals surface area contributed by atoms with Gasteiger partial charge < -0.3 is 5.73 Å². The lowest BCUT2D eigenvalue weighted by Crippen LogP contribution is -2.28. The molecule has 16 heavy (non-hydrogen) atoms. The van der Waals surface area contributed by atoms with E-state index in [1.165, 1.54) is 17.4 Å². The number of hydroxylamine groups is 1. The predicted molar refractivity (Wildman–Crippen MR) is 61.7 cm³/mol. The Labute approximate surface area is 101 Å². The number of halogens is 1. The van der Waals surface area contributed by atoms with Gasteiger partial charge in [-0.1, -0.05) is 11.6 Å². The fraction of sp³-hybridized carbons (Fsp3) is 0.111. The first kappa shape index (κ1) is 12.7. The molecule has 0 aliphatic heterocycles. The SMILES string of the molecule is NC(=O)CONC(=O)/C=C/c1ccc(Cl)s1. The molecule has 0 atom stereocenters. The third kappa shape index (κ3) is 4.92. The summed E-state index contributed by atoms with van der Waals surface area (Å²) in [7, 11) is 0. The molecule has 86 valence electrons. The molecular weight excluding hydrogens is 252 g/mol. The Hall–Kier alpha value is -1.37. The fourth-order valence-corrected chi connectivity index (χ4v) is 1.75. The van der Waals surface area contributed by atoms with Crippen LogP contribution in [0.25, 0.3) is 6.08 Å². The number of amides is 2. The molecular formula is C9H9ClN2O3S. The van der Waals surface area contributed by atoms with E-state index in [2.05, 4.69) is 4.84 Å². The van der Waals surface area contributed by atoms with Crippen molar-refractivity contribution >= 4 is 40.8 Å². The highest BCUT2D eigenvalue weighted by atomic mass is 35.5. The first-order valence-corrected chi connectivity index (χ1v) is 5.41. The summed E-state index contributed by atoms with van der Waals surface area (Å²) in [4.78, 5) is 26.7. The molecule has 7 heteroatoms. The van der Waals surface area contributed by atoms with Crippen LogP contribution >= 0.6 is 22.9 Å². The van der Waals surface area contributed by atoms with Crippen LogP contribution in [0.15, 0.2) is 18.2 Å². The van der Waals surface area contributed by atoms with Crippen molar-refractivity contribution in [3.63, 3.8) is 0 Å². The van der Waals surface area contributed by atoms with Gasteiger partial charge >= 0.3 is 0 Å². The lowest BCUT2D eigenvalue weighted by molar-refractivity contribution is -0.134. The van der Waals surface area contributed by atoms with Gasteiger partial charge in [-0.2, -0.15) is 0 Å². The largest absolute Gasteiger partial charge is 0.368 e. The Bertz CT molecular complexity index is 417. The molecule has 1 aromatic rings. The minimum Gasteiger partial charge on any atom is -0.368 e. The fourth-order valence-electron chi connectivity index (χ4n) is 0.788. The number of rotatable bonds is 5.